The van der Waals surface area contributed by atoms with E-state index in [2.05, 4.69) is 66.2 Å². The third-order valence-corrected chi connectivity index (χ3v) is 5.43. The first-order valence-electron chi connectivity index (χ1n) is 9.99. The molecular formula is C21H35N3O. The highest BCUT2D eigenvalue weighted by molar-refractivity contribution is 5.81. The number of nitrogens with one attached hydrogen (secondary N) is 1. The standard InChI is InChI=1S/C21H35N3O/c1-4-20(23(5-2)6-3)21(25)22-16-19-14-10-11-15-24(19)17-18-12-8-7-9-13-18/h7-9,12-13,19-20H,4-6,10-11,14-17H2,1-3H3,(H,22,25)/t19-,20+/m0/s1. The molecule has 2 atom stereocenters. The van der Waals surface area contributed by atoms with Gasteiger partial charge in [0.25, 0.3) is 0 Å². The van der Waals surface area contributed by atoms with Crippen molar-refractivity contribution in [3.05, 3.63) is 35.9 Å². The normalized spacial score (nSPS) is 19.8. The second kappa shape index (κ2) is 10.6. The maximum absolute atomic E-state index is 12.7. The molecule has 0 saturated carbocycles. The van der Waals surface area contributed by atoms with Gasteiger partial charge in [0.05, 0.1) is 6.04 Å². The van der Waals surface area contributed by atoms with E-state index in [1.807, 2.05) is 0 Å². The molecule has 2 rings (SSSR count). The van der Waals surface area contributed by atoms with Gasteiger partial charge in [-0.15, -0.1) is 0 Å². The second-order valence-electron chi connectivity index (χ2n) is 7.00. The first kappa shape index (κ1) is 19.9. The molecular weight excluding hydrogens is 310 g/mol. The molecule has 0 spiro atoms. The summed E-state index contributed by atoms with van der Waals surface area (Å²) in [6.45, 7) is 11.1. The van der Waals surface area contributed by atoms with Crippen LogP contribution in [0.3, 0.4) is 0 Å². The lowest BCUT2D eigenvalue weighted by molar-refractivity contribution is -0.126. The summed E-state index contributed by atoms with van der Waals surface area (Å²) in [5, 5.41) is 3.25. The van der Waals surface area contributed by atoms with Crippen LogP contribution in [0.4, 0.5) is 0 Å². The van der Waals surface area contributed by atoms with Crippen LogP contribution >= 0.6 is 0 Å². The molecule has 4 nitrogen and oxygen atoms in total. The molecule has 1 amide bonds. The van der Waals surface area contributed by atoms with Gasteiger partial charge in [0.2, 0.25) is 5.91 Å². The average Bonchev–Trinajstić information content (AvgIpc) is 2.66. The van der Waals surface area contributed by atoms with E-state index >= 15 is 0 Å². The first-order valence-corrected chi connectivity index (χ1v) is 9.99. The molecule has 1 aromatic carbocycles. The summed E-state index contributed by atoms with van der Waals surface area (Å²) in [6.07, 6.45) is 4.56. The third-order valence-electron chi connectivity index (χ3n) is 5.43. The Balaban J connectivity index is 1.91. The number of amides is 1. The number of carbonyl (C=O) groups is 1. The Morgan fingerprint density at radius 2 is 1.92 bits per heavy atom. The van der Waals surface area contributed by atoms with E-state index in [0.717, 1.165) is 39.1 Å². The van der Waals surface area contributed by atoms with E-state index in [0.29, 0.717) is 6.04 Å². The highest BCUT2D eigenvalue weighted by atomic mass is 16.2. The molecule has 0 aliphatic carbocycles. The highest BCUT2D eigenvalue weighted by Crippen LogP contribution is 2.19. The summed E-state index contributed by atoms with van der Waals surface area (Å²) in [6, 6.07) is 11.1. The largest absolute Gasteiger partial charge is 0.353 e. The lowest BCUT2D eigenvalue weighted by Crippen LogP contribution is -2.51. The predicted octanol–water partition coefficient (Wildman–Crippen LogP) is 3.28. The SMILES string of the molecule is CC[C@H](C(=O)NC[C@@H]1CCCCN1Cc1ccccc1)N(CC)CC. The predicted molar refractivity (Wildman–Crippen MR) is 105 cm³/mol. The van der Waals surface area contributed by atoms with Crippen LogP contribution in [0.1, 0.15) is 52.0 Å². The Morgan fingerprint density at radius 1 is 1.20 bits per heavy atom. The van der Waals surface area contributed by atoms with Gasteiger partial charge in [-0.2, -0.15) is 0 Å². The molecule has 1 fully saturated rings. The zero-order chi connectivity index (χ0) is 18.1. The van der Waals surface area contributed by atoms with Gasteiger partial charge in [0.1, 0.15) is 0 Å². The lowest BCUT2D eigenvalue weighted by atomic mass is 10.0. The van der Waals surface area contributed by atoms with Crippen LogP contribution in [0.5, 0.6) is 0 Å². The molecule has 1 heterocycles. The molecule has 0 aromatic heterocycles. The zero-order valence-electron chi connectivity index (χ0n) is 16.2. The molecule has 0 unspecified atom stereocenters. The number of nitrogens with zero attached hydrogens (tertiary/aromatic N) is 2. The second-order valence-corrected chi connectivity index (χ2v) is 7.00. The molecule has 1 aromatic rings. The highest BCUT2D eigenvalue weighted by Gasteiger charge is 2.26. The zero-order valence-corrected chi connectivity index (χ0v) is 16.2. The van der Waals surface area contributed by atoms with Gasteiger partial charge in [-0.1, -0.05) is 57.5 Å². The number of likely N-dealkylation sites (tertiary alicyclic amines) is 1. The van der Waals surface area contributed by atoms with Crippen LogP contribution in [0, 0.1) is 0 Å². The van der Waals surface area contributed by atoms with E-state index in [1.165, 1.54) is 24.8 Å². The van der Waals surface area contributed by atoms with Gasteiger partial charge >= 0.3 is 0 Å². The fourth-order valence-corrected chi connectivity index (χ4v) is 3.93. The van der Waals surface area contributed by atoms with Gasteiger partial charge in [0.15, 0.2) is 0 Å². The average molecular weight is 346 g/mol. The minimum Gasteiger partial charge on any atom is -0.353 e. The first-order chi connectivity index (χ1) is 12.2. The maximum Gasteiger partial charge on any atom is 0.237 e. The molecule has 0 radical (unpaired) electrons. The Morgan fingerprint density at radius 3 is 2.56 bits per heavy atom. The molecule has 1 aliphatic heterocycles. The summed E-state index contributed by atoms with van der Waals surface area (Å²) >= 11 is 0. The Kier molecular flexibility index (Phi) is 8.42. The molecule has 25 heavy (non-hydrogen) atoms. The van der Waals surface area contributed by atoms with Gasteiger partial charge in [-0.25, -0.2) is 0 Å². The van der Waals surface area contributed by atoms with E-state index in [9.17, 15) is 4.79 Å². The van der Waals surface area contributed by atoms with Gasteiger partial charge in [0, 0.05) is 19.1 Å². The molecule has 4 heteroatoms. The number of hydrogen-bond donors (Lipinski definition) is 1. The van der Waals surface area contributed by atoms with Crippen LogP contribution in [-0.4, -0.2) is 54.0 Å². The fourth-order valence-electron chi connectivity index (χ4n) is 3.93. The molecule has 1 aliphatic rings. The number of carbonyl (C=O) groups excluding carboxylic acids is 1. The van der Waals surface area contributed by atoms with Crippen molar-refractivity contribution >= 4 is 5.91 Å². The van der Waals surface area contributed by atoms with Crippen LogP contribution in [0.25, 0.3) is 0 Å². The van der Waals surface area contributed by atoms with Crippen LogP contribution < -0.4 is 5.32 Å². The summed E-state index contributed by atoms with van der Waals surface area (Å²) in [5.41, 5.74) is 1.36. The Labute approximate surface area is 153 Å². The van der Waals surface area contributed by atoms with Crippen LogP contribution in [0.2, 0.25) is 0 Å². The molecule has 1 saturated heterocycles. The van der Waals surface area contributed by atoms with Crippen molar-refractivity contribution in [3.63, 3.8) is 0 Å². The molecule has 0 bridgehead atoms. The number of likely N-dealkylation sites (N-methyl/N-ethyl adjacent to an activating group) is 1. The maximum atomic E-state index is 12.7. The van der Waals surface area contributed by atoms with Crippen molar-refractivity contribution in [2.75, 3.05) is 26.2 Å². The minimum absolute atomic E-state index is 0.00108. The Hall–Kier alpha value is -1.39. The van der Waals surface area contributed by atoms with Gasteiger partial charge in [-0.3, -0.25) is 14.6 Å². The van der Waals surface area contributed by atoms with Crippen molar-refractivity contribution in [2.24, 2.45) is 0 Å². The Bertz CT molecular complexity index is 501. The van der Waals surface area contributed by atoms with Crippen molar-refractivity contribution in [3.8, 4) is 0 Å². The smallest absolute Gasteiger partial charge is 0.237 e. The van der Waals surface area contributed by atoms with Crippen LogP contribution in [0.15, 0.2) is 30.3 Å². The summed E-state index contributed by atoms with van der Waals surface area (Å²) in [7, 11) is 0. The number of piperidine rings is 1. The van der Waals surface area contributed by atoms with Crippen molar-refractivity contribution in [2.45, 2.75) is 65.1 Å². The van der Waals surface area contributed by atoms with Gasteiger partial charge in [-0.05, 0) is 44.5 Å². The fraction of sp³-hybridized carbons (Fsp3) is 0.667. The lowest BCUT2D eigenvalue weighted by Gasteiger charge is -2.36. The van der Waals surface area contributed by atoms with Gasteiger partial charge < -0.3 is 5.32 Å². The van der Waals surface area contributed by atoms with E-state index in [-0.39, 0.29) is 11.9 Å². The van der Waals surface area contributed by atoms with Crippen molar-refractivity contribution in [1.29, 1.82) is 0 Å². The number of rotatable bonds is 9. The number of hydrogen-bond acceptors (Lipinski definition) is 3. The topological polar surface area (TPSA) is 35.6 Å². The molecule has 140 valence electrons. The van der Waals surface area contributed by atoms with Crippen molar-refractivity contribution < 1.29 is 4.79 Å². The summed E-state index contributed by atoms with van der Waals surface area (Å²) < 4.78 is 0. The van der Waals surface area contributed by atoms with Crippen molar-refractivity contribution in [1.82, 2.24) is 15.1 Å². The number of benzene rings is 1. The van der Waals surface area contributed by atoms with E-state index in [4.69, 9.17) is 0 Å². The third kappa shape index (κ3) is 5.82. The van der Waals surface area contributed by atoms with E-state index < -0.39 is 0 Å². The monoisotopic (exact) mass is 345 g/mol. The van der Waals surface area contributed by atoms with E-state index in [1.54, 1.807) is 0 Å². The molecule has 1 N–H and O–H groups in total. The van der Waals surface area contributed by atoms with Crippen LogP contribution in [-0.2, 0) is 11.3 Å². The minimum atomic E-state index is 0.00108. The summed E-state index contributed by atoms with van der Waals surface area (Å²) in [5.74, 6) is 0.191. The quantitative estimate of drug-likeness (QED) is 0.746. The summed E-state index contributed by atoms with van der Waals surface area (Å²) in [4.78, 5) is 17.5.